The quantitative estimate of drug-likeness (QED) is 0.787. The van der Waals surface area contributed by atoms with E-state index in [9.17, 15) is 27.2 Å². The summed E-state index contributed by atoms with van der Waals surface area (Å²) in [4.78, 5) is 27.1. The van der Waals surface area contributed by atoms with Gasteiger partial charge in [0.2, 0.25) is 11.8 Å². The third-order valence-electron chi connectivity index (χ3n) is 4.00. The Kier molecular flexibility index (Phi) is 5.15. The zero-order chi connectivity index (χ0) is 18.1. The van der Waals surface area contributed by atoms with Gasteiger partial charge in [-0.3, -0.25) is 9.59 Å². The van der Waals surface area contributed by atoms with Gasteiger partial charge in [0.25, 0.3) is 0 Å². The topological polar surface area (TPSA) is 40.6 Å². The molecule has 4 nitrogen and oxygen atoms in total. The first-order valence-electron chi connectivity index (χ1n) is 7.59. The van der Waals surface area contributed by atoms with Crippen molar-refractivity contribution in [3.63, 3.8) is 0 Å². The van der Waals surface area contributed by atoms with Gasteiger partial charge in [0.15, 0.2) is 0 Å². The number of amides is 2. The zero-order valence-corrected chi connectivity index (χ0v) is 13.4. The van der Waals surface area contributed by atoms with Gasteiger partial charge in [0.05, 0.1) is 12.1 Å². The van der Waals surface area contributed by atoms with Crippen LogP contribution in [0.5, 0.6) is 0 Å². The lowest BCUT2D eigenvalue weighted by atomic mass is 10.1. The third-order valence-corrected chi connectivity index (χ3v) is 4.00. The highest BCUT2D eigenvalue weighted by molar-refractivity contribution is 5.94. The average molecular weight is 346 g/mol. The first-order valence-corrected chi connectivity index (χ1v) is 7.59. The van der Waals surface area contributed by atoms with Crippen LogP contribution < -0.4 is 0 Å². The highest BCUT2D eigenvalue weighted by Gasteiger charge is 2.37. The molecule has 0 bridgehead atoms. The number of benzene rings is 1. The summed E-state index contributed by atoms with van der Waals surface area (Å²) in [6.45, 7) is 3.53. The highest BCUT2D eigenvalue weighted by Crippen LogP contribution is 2.30. The lowest BCUT2D eigenvalue weighted by Crippen LogP contribution is -2.58. The van der Waals surface area contributed by atoms with E-state index in [4.69, 9.17) is 0 Å². The van der Waals surface area contributed by atoms with Crippen molar-refractivity contribution in [2.24, 2.45) is 0 Å². The van der Waals surface area contributed by atoms with Crippen molar-refractivity contribution in [3.8, 4) is 0 Å². The molecule has 0 aromatic heterocycles. The van der Waals surface area contributed by atoms with Crippen LogP contribution in [0.2, 0.25) is 0 Å². The van der Waals surface area contributed by atoms with Gasteiger partial charge in [-0.15, -0.1) is 0 Å². The van der Waals surface area contributed by atoms with Crippen LogP contribution in [0.1, 0.15) is 31.4 Å². The molecule has 0 spiro atoms. The zero-order valence-electron chi connectivity index (χ0n) is 13.4. The third kappa shape index (κ3) is 3.68. The van der Waals surface area contributed by atoms with E-state index in [1.54, 1.807) is 0 Å². The Morgan fingerprint density at radius 3 is 2.46 bits per heavy atom. The molecular formula is C16H18F4N2O2. The minimum atomic E-state index is -4.63. The van der Waals surface area contributed by atoms with Crippen LogP contribution >= 0.6 is 0 Å². The minimum Gasteiger partial charge on any atom is -0.332 e. The van der Waals surface area contributed by atoms with E-state index in [1.807, 2.05) is 6.92 Å². The predicted molar refractivity (Wildman–Crippen MR) is 78.3 cm³/mol. The number of carbonyl (C=O) groups excluding carboxylic acids is 2. The van der Waals surface area contributed by atoms with Crippen LogP contribution in [0.25, 0.3) is 0 Å². The smallest absolute Gasteiger partial charge is 0.332 e. The fraction of sp³-hybridized carbons (Fsp3) is 0.500. The highest BCUT2D eigenvalue weighted by atomic mass is 19.4. The standard InChI is InChI=1S/C16H18F4N2O2/c1-3-6-21-9-14(23)22(10(2)15(21)24)8-11-4-5-12(7-13(11)17)16(18,19)20/h4-5,7,10H,3,6,8-9H2,1-2H3/t10-/m1/s1. The van der Waals surface area contributed by atoms with Gasteiger partial charge in [-0.1, -0.05) is 13.0 Å². The predicted octanol–water partition coefficient (Wildman–Crippen LogP) is 2.81. The van der Waals surface area contributed by atoms with Gasteiger partial charge in [-0.25, -0.2) is 4.39 Å². The van der Waals surface area contributed by atoms with Gasteiger partial charge in [0.1, 0.15) is 11.9 Å². The van der Waals surface area contributed by atoms with E-state index in [0.29, 0.717) is 19.0 Å². The first kappa shape index (κ1) is 18.2. The Morgan fingerprint density at radius 1 is 1.25 bits per heavy atom. The molecule has 2 rings (SSSR count). The molecule has 24 heavy (non-hydrogen) atoms. The molecule has 1 atom stereocenters. The monoisotopic (exact) mass is 346 g/mol. The number of alkyl halides is 3. The van der Waals surface area contributed by atoms with Crippen molar-refractivity contribution in [2.45, 2.75) is 39.0 Å². The number of rotatable bonds is 4. The van der Waals surface area contributed by atoms with Crippen molar-refractivity contribution in [2.75, 3.05) is 13.1 Å². The fourth-order valence-corrected chi connectivity index (χ4v) is 2.67. The molecule has 8 heteroatoms. The van der Waals surface area contributed by atoms with Crippen LogP contribution in [0, 0.1) is 5.82 Å². The van der Waals surface area contributed by atoms with Crippen LogP contribution in [0.3, 0.4) is 0 Å². The Morgan fingerprint density at radius 2 is 1.92 bits per heavy atom. The van der Waals surface area contributed by atoms with E-state index in [0.717, 1.165) is 12.1 Å². The molecule has 132 valence electrons. The molecule has 0 radical (unpaired) electrons. The molecule has 2 amide bonds. The molecule has 1 saturated heterocycles. The molecule has 1 aliphatic heterocycles. The van der Waals surface area contributed by atoms with Gasteiger partial charge >= 0.3 is 6.18 Å². The summed E-state index contributed by atoms with van der Waals surface area (Å²) in [5.74, 6) is -1.65. The van der Waals surface area contributed by atoms with Crippen LogP contribution in [0.4, 0.5) is 17.6 Å². The van der Waals surface area contributed by atoms with Crippen molar-refractivity contribution in [1.29, 1.82) is 0 Å². The Balaban J connectivity index is 2.19. The molecule has 0 unspecified atom stereocenters. The first-order chi connectivity index (χ1) is 11.1. The van der Waals surface area contributed by atoms with Crippen molar-refractivity contribution in [1.82, 2.24) is 9.80 Å². The van der Waals surface area contributed by atoms with Crippen molar-refractivity contribution in [3.05, 3.63) is 35.1 Å². The SMILES string of the molecule is CCCN1CC(=O)N(Cc2ccc(C(F)(F)F)cc2F)[C@H](C)C1=O. The second-order valence-corrected chi connectivity index (χ2v) is 5.76. The number of halogens is 4. The van der Waals surface area contributed by atoms with Crippen LogP contribution in [0.15, 0.2) is 18.2 Å². The summed E-state index contributed by atoms with van der Waals surface area (Å²) in [5, 5.41) is 0. The summed E-state index contributed by atoms with van der Waals surface area (Å²) in [6, 6.07) is 1.39. The molecule has 1 aromatic carbocycles. The van der Waals surface area contributed by atoms with Gasteiger partial charge < -0.3 is 9.80 Å². The summed E-state index contributed by atoms with van der Waals surface area (Å²) in [5.41, 5.74) is -1.15. The number of hydrogen-bond acceptors (Lipinski definition) is 2. The number of carbonyl (C=O) groups is 2. The van der Waals surface area contributed by atoms with Crippen molar-refractivity contribution >= 4 is 11.8 Å². The number of hydrogen-bond donors (Lipinski definition) is 0. The summed E-state index contributed by atoms with van der Waals surface area (Å²) < 4.78 is 51.7. The lowest BCUT2D eigenvalue weighted by Gasteiger charge is -2.38. The maximum Gasteiger partial charge on any atom is 0.416 e. The van der Waals surface area contributed by atoms with Gasteiger partial charge in [0, 0.05) is 18.7 Å². The normalized spacial score (nSPS) is 19.2. The second-order valence-electron chi connectivity index (χ2n) is 5.76. The van der Waals surface area contributed by atoms with E-state index < -0.39 is 23.6 Å². The summed E-state index contributed by atoms with van der Waals surface area (Å²) >= 11 is 0. The van der Waals surface area contributed by atoms with E-state index in [-0.39, 0.29) is 30.5 Å². The van der Waals surface area contributed by atoms with Crippen molar-refractivity contribution < 1.29 is 27.2 Å². The molecule has 1 aromatic rings. The summed E-state index contributed by atoms with van der Waals surface area (Å²) in [6.07, 6.45) is -3.93. The maximum atomic E-state index is 14.0. The van der Waals surface area contributed by atoms with E-state index in [2.05, 4.69) is 0 Å². The molecule has 0 aliphatic carbocycles. The van der Waals surface area contributed by atoms with Gasteiger partial charge in [-0.05, 0) is 25.5 Å². The Bertz CT molecular complexity index is 645. The number of piperazine rings is 1. The van der Waals surface area contributed by atoms with Crippen LogP contribution in [-0.4, -0.2) is 40.7 Å². The molecule has 1 fully saturated rings. The lowest BCUT2D eigenvalue weighted by molar-refractivity contribution is -0.155. The molecule has 0 saturated carbocycles. The van der Waals surface area contributed by atoms with Gasteiger partial charge in [-0.2, -0.15) is 13.2 Å². The average Bonchev–Trinajstić information content (AvgIpc) is 2.49. The Hall–Kier alpha value is -2.12. The minimum absolute atomic E-state index is 0.0556. The largest absolute Gasteiger partial charge is 0.416 e. The van der Waals surface area contributed by atoms with Crippen LogP contribution in [-0.2, 0) is 22.3 Å². The molecule has 1 heterocycles. The summed E-state index contributed by atoms with van der Waals surface area (Å²) in [7, 11) is 0. The number of nitrogens with zero attached hydrogens (tertiary/aromatic N) is 2. The molecular weight excluding hydrogens is 328 g/mol. The molecule has 1 aliphatic rings. The second kappa shape index (κ2) is 6.78. The Labute approximate surface area is 137 Å². The maximum absolute atomic E-state index is 14.0. The fourth-order valence-electron chi connectivity index (χ4n) is 2.67. The molecule has 0 N–H and O–H groups in total. The van der Waals surface area contributed by atoms with E-state index >= 15 is 0 Å². The van der Waals surface area contributed by atoms with E-state index in [1.165, 1.54) is 16.7 Å².